The summed E-state index contributed by atoms with van der Waals surface area (Å²) in [6.07, 6.45) is 1.87. The molecule has 3 N–H and O–H groups in total. The highest BCUT2D eigenvalue weighted by Crippen LogP contribution is 2.24. The van der Waals surface area contributed by atoms with E-state index in [1.165, 1.54) is 0 Å². The van der Waals surface area contributed by atoms with Crippen molar-refractivity contribution in [2.45, 2.75) is 52.2 Å². The van der Waals surface area contributed by atoms with Crippen molar-refractivity contribution in [3.8, 4) is 0 Å². The van der Waals surface area contributed by atoms with E-state index in [0.29, 0.717) is 10.0 Å². The molecule has 1 aliphatic heterocycles. The number of nitrogens with one attached hydrogen (secondary N) is 1. The zero-order chi connectivity index (χ0) is 17.9. The number of piperidine rings is 1. The van der Waals surface area contributed by atoms with Gasteiger partial charge >= 0.3 is 0 Å². The fraction of sp³-hybridized carbons (Fsp3) is 0.611. The van der Waals surface area contributed by atoms with Gasteiger partial charge in [0.1, 0.15) is 0 Å². The summed E-state index contributed by atoms with van der Waals surface area (Å²) in [6, 6.07) is 5.48. The summed E-state index contributed by atoms with van der Waals surface area (Å²) in [5, 5.41) is 4.27. The number of nitrogens with zero attached hydrogens (tertiary/aromatic N) is 1. The van der Waals surface area contributed by atoms with Crippen LogP contribution in [0.25, 0.3) is 0 Å². The Kier molecular flexibility index (Phi) is 6.54. The van der Waals surface area contributed by atoms with Gasteiger partial charge in [-0.1, -0.05) is 50.0 Å². The number of halogens is 2. The standard InChI is InChI=1S/C18H27Cl2N3O/c1-18(2,3)16(21)17(24)22-13-6-8-23(9-7-13)11-12-4-5-14(19)15(20)10-12/h4-5,10,13,16H,6-9,11,21H2,1-3H3,(H,22,24)/t16-/m1/s1. The molecule has 1 heterocycles. The van der Waals surface area contributed by atoms with Crippen molar-refractivity contribution in [1.29, 1.82) is 0 Å². The Labute approximate surface area is 154 Å². The van der Waals surface area contributed by atoms with Gasteiger partial charge in [0.2, 0.25) is 5.91 Å². The van der Waals surface area contributed by atoms with Gasteiger partial charge in [0.05, 0.1) is 16.1 Å². The normalized spacial score (nSPS) is 18.4. The van der Waals surface area contributed by atoms with Gasteiger partial charge in [-0.25, -0.2) is 0 Å². The summed E-state index contributed by atoms with van der Waals surface area (Å²) in [4.78, 5) is 14.6. The second-order valence-corrected chi connectivity index (χ2v) is 8.47. The van der Waals surface area contributed by atoms with Crippen LogP contribution < -0.4 is 11.1 Å². The third kappa shape index (κ3) is 5.35. The summed E-state index contributed by atoms with van der Waals surface area (Å²) in [6.45, 7) is 8.68. The molecule has 6 heteroatoms. The van der Waals surface area contributed by atoms with Crippen molar-refractivity contribution in [2.24, 2.45) is 11.1 Å². The van der Waals surface area contributed by atoms with Crippen LogP contribution in [-0.4, -0.2) is 36.0 Å². The number of carbonyl (C=O) groups is 1. The number of amides is 1. The molecule has 0 radical (unpaired) electrons. The quantitative estimate of drug-likeness (QED) is 0.851. The topological polar surface area (TPSA) is 58.4 Å². The average Bonchev–Trinajstić information content (AvgIpc) is 2.51. The van der Waals surface area contributed by atoms with Gasteiger partial charge in [0, 0.05) is 25.7 Å². The zero-order valence-corrected chi connectivity index (χ0v) is 16.1. The molecule has 0 aliphatic carbocycles. The molecule has 0 saturated carbocycles. The Hall–Kier alpha value is -0.810. The first kappa shape index (κ1) is 19.5. The van der Waals surface area contributed by atoms with Gasteiger partial charge in [-0.05, 0) is 36.0 Å². The number of benzene rings is 1. The lowest BCUT2D eigenvalue weighted by molar-refractivity contribution is -0.125. The maximum Gasteiger partial charge on any atom is 0.237 e. The predicted octanol–water partition coefficient (Wildman–Crippen LogP) is 3.45. The third-order valence-corrected chi connectivity index (χ3v) is 5.28. The van der Waals surface area contributed by atoms with Crippen LogP contribution in [0.1, 0.15) is 39.2 Å². The minimum Gasteiger partial charge on any atom is -0.352 e. The van der Waals surface area contributed by atoms with Crippen LogP contribution in [0.3, 0.4) is 0 Å². The lowest BCUT2D eigenvalue weighted by atomic mass is 9.86. The minimum absolute atomic E-state index is 0.0505. The Bertz CT molecular complexity index is 578. The molecule has 1 amide bonds. The van der Waals surface area contributed by atoms with Crippen molar-refractivity contribution in [2.75, 3.05) is 13.1 Å². The van der Waals surface area contributed by atoms with E-state index in [4.69, 9.17) is 28.9 Å². The van der Waals surface area contributed by atoms with Gasteiger partial charge in [0.25, 0.3) is 0 Å². The lowest BCUT2D eigenvalue weighted by Crippen LogP contribution is -2.53. The molecule has 0 aromatic heterocycles. The van der Waals surface area contributed by atoms with E-state index in [1.54, 1.807) is 0 Å². The molecule has 1 aromatic carbocycles. The maximum atomic E-state index is 12.2. The first-order chi connectivity index (χ1) is 11.2. The number of likely N-dealkylation sites (tertiary alicyclic amines) is 1. The van der Waals surface area contributed by atoms with Crippen molar-refractivity contribution in [3.63, 3.8) is 0 Å². The molecular formula is C18H27Cl2N3O. The molecule has 0 bridgehead atoms. The largest absolute Gasteiger partial charge is 0.352 e. The summed E-state index contributed by atoms with van der Waals surface area (Å²) in [5.74, 6) is -0.0505. The molecule has 2 rings (SSSR count). The third-order valence-electron chi connectivity index (χ3n) is 4.54. The SMILES string of the molecule is CC(C)(C)[C@H](N)C(=O)NC1CCN(Cc2ccc(Cl)c(Cl)c2)CC1. The molecule has 0 spiro atoms. The van der Waals surface area contributed by atoms with Crippen LogP contribution in [-0.2, 0) is 11.3 Å². The maximum absolute atomic E-state index is 12.2. The molecule has 24 heavy (non-hydrogen) atoms. The Morgan fingerprint density at radius 3 is 2.46 bits per heavy atom. The van der Waals surface area contributed by atoms with Gasteiger partial charge < -0.3 is 11.1 Å². The van der Waals surface area contributed by atoms with E-state index < -0.39 is 6.04 Å². The second-order valence-electron chi connectivity index (χ2n) is 7.65. The molecule has 1 aromatic rings. The van der Waals surface area contributed by atoms with Crippen molar-refractivity contribution >= 4 is 29.1 Å². The number of hydrogen-bond donors (Lipinski definition) is 2. The Morgan fingerprint density at radius 2 is 1.92 bits per heavy atom. The minimum atomic E-state index is -0.480. The highest BCUT2D eigenvalue weighted by atomic mass is 35.5. The average molecular weight is 372 g/mol. The van der Waals surface area contributed by atoms with Gasteiger partial charge in [0.15, 0.2) is 0 Å². The summed E-state index contributed by atoms with van der Waals surface area (Å²) < 4.78 is 0. The molecule has 1 aliphatic rings. The van der Waals surface area contributed by atoms with Crippen molar-refractivity contribution in [3.05, 3.63) is 33.8 Å². The number of rotatable bonds is 4. The van der Waals surface area contributed by atoms with Crippen LogP contribution in [0.15, 0.2) is 18.2 Å². The number of nitrogens with two attached hydrogens (primary N) is 1. The first-order valence-corrected chi connectivity index (χ1v) is 9.14. The van der Waals surface area contributed by atoms with Crippen molar-refractivity contribution in [1.82, 2.24) is 10.2 Å². The molecule has 4 nitrogen and oxygen atoms in total. The second kappa shape index (κ2) is 8.05. The molecular weight excluding hydrogens is 345 g/mol. The number of hydrogen-bond acceptors (Lipinski definition) is 3. The molecule has 0 unspecified atom stereocenters. The predicted molar refractivity (Wildman–Crippen MR) is 100 cm³/mol. The molecule has 134 valence electrons. The van der Waals surface area contributed by atoms with Gasteiger partial charge in [-0.3, -0.25) is 9.69 Å². The Balaban J connectivity index is 1.81. The summed E-state index contributed by atoms with van der Waals surface area (Å²) in [7, 11) is 0. The molecule has 1 saturated heterocycles. The van der Waals surface area contributed by atoms with Crippen LogP contribution in [0, 0.1) is 5.41 Å². The number of carbonyl (C=O) groups excluding carboxylic acids is 1. The summed E-state index contributed by atoms with van der Waals surface area (Å²) >= 11 is 12.0. The van der Waals surface area contributed by atoms with E-state index in [0.717, 1.165) is 38.0 Å². The van der Waals surface area contributed by atoms with Crippen LogP contribution in [0.5, 0.6) is 0 Å². The van der Waals surface area contributed by atoms with E-state index in [1.807, 2.05) is 39.0 Å². The lowest BCUT2D eigenvalue weighted by Gasteiger charge is -2.34. The Morgan fingerprint density at radius 1 is 1.29 bits per heavy atom. The highest BCUT2D eigenvalue weighted by molar-refractivity contribution is 6.42. The van der Waals surface area contributed by atoms with Gasteiger partial charge in [-0.15, -0.1) is 0 Å². The summed E-state index contributed by atoms with van der Waals surface area (Å²) in [5.41, 5.74) is 6.95. The van der Waals surface area contributed by atoms with Crippen LogP contribution >= 0.6 is 23.2 Å². The fourth-order valence-corrected chi connectivity index (χ4v) is 3.14. The van der Waals surface area contributed by atoms with Crippen LogP contribution in [0.4, 0.5) is 0 Å². The first-order valence-electron chi connectivity index (χ1n) is 8.39. The van der Waals surface area contributed by atoms with E-state index >= 15 is 0 Å². The van der Waals surface area contributed by atoms with Gasteiger partial charge in [-0.2, -0.15) is 0 Å². The van der Waals surface area contributed by atoms with E-state index in [2.05, 4.69) is 10.2 Å². The van der Waals surface area contributed by atoms with E-state index in [-0.39, 0.29) is 17.4 Å². The zero-order valence-electron chi connectivity index (χ0n) is 14.6. The molecule has 1 atom stereocenters. The fourth-order valence-electron chi connectivity index (χ4n) is 2.82. The van der Waals surface area contributed by atoms with Crippen molar-refractivity contribution < 1.29 is 4.79 Å². The molecule has 1 fully saturated rings. The highest BCUT2D eigenvalue weighted by Gasteiger charge is 2.29. The van der Waals surface area contributed by atoms with E-state index in [9.17, 15) is 4.79 Å². The monoisotopic (exact) mass is 371 g/mol. The van der Waals surface area contributed by atoms with Crippen LogP contribution in [0.2, 0.25) is 10.0 Å². The smallest absolute Gasteiger partial charge is 0.237 e.